The third-order valence-corrected chi connectivity index (χ3v) is 6.81. The SMILES string of the molecule is CC(C)n1ncc2c(C(=O)N3CCC[C@@H]4CCCC[C@@H]43)cc(C3CC3)nc21. The van der Waals surface area contributed by atoms with E-state index >= 15 is 0 Å². The van der Waals surface area contributed by atoms with Crippen LogP contribution in [0.2, 0.25) is 0 Å². The summed E-state index contributed by atoms with van der Waals surface area (Å²) in [6, 6.07) is 2.76. The fourth-order valence-corrected chi connectivity index (χ4v) is 5.21. The Morgan fingerprint density at radius 3 is 2.67 bits per heavy atom. The number of likely N-dealkylation sites (tertiary alicyclic amines) is 1. The van der Waals surface area contributed by atoms with Crippen LogP contribution in [0.1, 0.15) is 93.2 Å². The lowest BCUT2D eigenvalue weighted by atomic mass is 9.78. The molecule has 2 aromatic rings. The Labute approximate surface area is 161 Å². The molecule has 5 heteroatoms. The van der Waals surface area contributed by atoms with Crippen LogP contribution in [0.15, 0.2) is 12.3 Å². The molecule has 144 valence electrons. The van der Waals surface area contributed by atoms with Crippen LogP contribution < -0.4 is 0 Å². The van der Waals surface area contributed by atoms with Gasteiger partial charge in [0.2, 0.25) is 0 Å². The van der Waals surface area contributed by atoms with Crippen LogP contribution in [0, 0.1) is 5.92 Å². The van der Waals surface area contributed by atoms with Crippen molar-refractivity contribution in [2.45, 2.75) is 83.2 Å². The van der Waals surface area contributed by atoms with Gasteiger partial charge in [0.25, 0.3) is 5.91 Å². The molecule has 1 aliphatic heterocycles. The fourth-order valence-electron chi connectivity index (χ4n) is 5.21. The molecule has 2 aromatic heterocycles. The van der Waals surface area contributed by atoms with Gasteiger partial charge in [-0.15, -0.1) is 0 Å². The summed E-state index contributed by atoms with van der Waals surface area (Å²) >= 11 is 0. The molecule has 2 saturated carbocycles. The van der Waals surface area contributed by atoms with Gasteiger partial charge >= 0.3 is 0 Å². The van der Waals surface area contributed by atoms with E-state index in [0.29, 0.717) is 17.9 Å². The van der Waals surface area contributed by atoms with Crippen molar-refractivity contribution < 1.29 is 4.79 Å². The van der Waals surface area contributed by atoms with Crippen molar-refractivity contribution in [3.05, 3.63) is 23.5 Å². The summed E-state index contributed by atoms with van der Waals surface area (Å²) in [6.07, 6.45) is 11.7. The Hall–Kier alpha value is -1.91. The van der Waals surface area contributed by atoms with E-state index in [1.165, 1.54) is 44.9 Å². The van der Waals surface area contributed by atoms with Crippen molar-refractivity contribution in [1.29, 1.82) is 0 Å². The first-order valence-electron chi connectivity index (χ1n) is 10.8. The lowest BCUT2D eigenvalue weighted by Crippen LogP contribution is -2.49. The molecule has 5 rings (SSSR count). The van der Waals surface area contributed by atoms with Gasteiger partial charge in [0, 0.05) is 30.2 Å². The van der Waals surface area contributed by atoms with Crippen molar-refractivity contribution in [2.75, 3.05) is 6.54 Å². The number of fused-ring (bicyclic) bond motifs is 2. The quantitative estimate of drug-likeness (QED) is 0.792. The highest BCUT2D eigenvalue weighted by atomic mass is 16.2. The number of pyridine rings is 1. The van der Waals surface area contributed by atoms with E-state index in [4.69, 9.17) is 4.98 Å². The maximum atomic E-state index is 13.7. The first-order valence-corrected chi connectivity index (χ1v) is 10.8. The summed E-state index contributed by atoms with van der Waals surface area (Å²) in [5.74, 6) is 1.44. The molecule has 0 N–H and O–H groups in total. The van der Waals surface area contributed by atoms with Crippen LogP contribution in [0.5, 0.6) is 0 Å². The number of hydrogen-bond donors (Lipinski definition) is 0. The minimum atomic E-state index is 0.212. The van der Waals surface area contributed by atoms with Crippen LogP contribution in [-0.2, 0) is 0 Å². The monoisotopic (exact) mass is 366 g/mol. The number of rotatable bonds is 3. The largest absolute Gasteiger partial charge is 0.335 e. The Bertz CT molecular complexity index is 865. The lowest BCUT2D eigenvalue weighted by Gasteiger charge is -2.44. The fraction of sp³-hybridized carbons (Fsp3) is 0.682. The van der Waals surface area contributed by atoms with Crippen LogP contribution in [0.3, 0.4) is 0 Å². The van der Waals surface area contributed by atoms with Gasteiger partial charge < -0.3 is 4.90 Å². The van der Waals surface area contributed by atoms with Crippen molar-refractivity contribution in [3.8, 4) is 0 Å². The van der Waals surface area contributed by atoms with Gasteiger partial charge in [-0.2, -0.15) is 5.10 Å². The molecule has 3 aliphatic rings. The molecule has 27 heavy (non-hydrogen) atoms. The van der Waals surface area contributed by atoms with Crippen molar-refractivity contribution in [3.63, 3.8) is 0 Å². The molecule has 3 fully saturated rings. The third kappa shape index (κ3) is 2.95. The van der Waals surface area contributed by atoms with Crippen LogP contribution in [-0.4, -0.2) is 38.2 Å². The van der Waals surface area contributed by atoms with Crippen LogP contribution >= 0.6 is 0 Å². The Balaban J connectivity index is 1.57. The molecule has 0 unspecified atom stereocenters. The van der Waals surface area contributed by atoms with E-state index in [9.17, 15) is 4.79 Å². The molecule has 1 amide bonds. The summed E-state index contributed by atoms with van der Waals surface area (Å²) in [7, 11) is 0. The van der Waals surface area contributed by atoms with Crippen LogP contribution in [0.25, 0.3) is 11.0 Å². The highest BCUT2D eigenvalue weighted by Crippen LogP contribution is 2.41. The summed E-state index contributed by atoms with van der Waals surface area (Å²) in [4.78, 5) is 20.8. The predicted octanol–water partition coefficient (Wildman–Crippen LogP) is 4.68. The topological polar surface area (TPSA) is 51.0 Å². The summed E-state index contributed by atoms with van der Waals surface area (Å²) < 4.78 is 1.97. The Kier molecular flexibility index (Phi) is 4.21. The smallest absolute Gasteiger partial charge is 0.254 e. The van der Waals surface area contributed by atoms with E-state index in [-0.39, 0.29) is 11.9 Å². The molecule has 0 bridgehead atoms. The molecule has 1 saturated heterocycles. The Morgan fingerprint density at radius 2 is 1.89 bits per heavy atom. The molecule has 5 nitrogen and oxygen atoms in total. The number of amides is 1. The molecule has 0 radical (unpaired) electrons. The molecule has 3 heterocycles. The molecular weight excluding hydrogens is 336 g/mol. The number of nitrogens with zero attached hydrogens (tertiary/aromatic N) is 4. The minimum absolute atomic E-state index is 0.212. The zero-order valence-corrected chi connectivity index (χ0v) is 16.5. The van der Waals surface area contributed by atoms with Gasteiger partial charge in [-0.3, -0.25) is 4.79 Å². The van der Waals surface area contributed by atoms with Crippen LogP contribution in [0.4, 0.5) is 0 Å². The van der Waals surface area contributed by atoms with Gasteiger partial charge in [-0.25, -0.2) is 9.67 Å². The molecular formula is C22H30N4O. The summed E-state index contributed by atoms with van der Waals surface area (Å²) in [6.45, 7) is 5.15. The van der Waals surface area contributed by atoms with Gasteiger partial charge in [-0.05, 0) is 64.4 Å². The second-order valence-electron chi connectivity index (χ2n) is 9.04. The highest BCUT2D eigenvalue weighted by Gasteiger charge is 2.37. The van der Waals surface area contributed by atoms with Crippen molar-refractivity contribution in [2.24, 2.45) is 5.92 Å². The number of aromatic nitrogens is 3. The van der Waals surface area contributed by atoms with E-state index in [2.05, 4.69) is 29.9 Å². The van der Waals surface area contributed by atoms with Crippen molar-refractivity contribution in [1.82, 2.24) is 19.7 Å². The third-order valence-electron chi connectivity index (χ3n) is 6.81. The Morgan fingerprint density at radius 1 is 1.11 bits per heavy atom. The number of carbonyl (C=O) groups is 1. The van der Waals surface area contributed by atoms with Crippen molar-refractivity contribution >= 4 is 16.9 Å². The minimum Gasteiger partial charge on any atom is -0.335 e. The predicted molar refractivity (Wildman–Crippen MR) is 106 cm³/mol. The molecule has 2 aliphatic carbocycles. The molecule has 0 spiro atoms. The van der Waals surface area contributed by atoms with E-state index in [1.807, 2.05) is 10.9 Å². The molecule has 2 atom stereocenters. The standard InChI is InChI=1S/C22H30N4O/c1-14(2)26-21-18(13-23-26)17(12-19(24-21)15-9-10-15)22(27)25-11-5-7-16-6-3-4-8-20(16)25/h12-16,20H,3-11H2,1-2H3/t16-,20-/m0/s1. The highest BCUT2D eigenvalue weighted by molar-refractivity contribution is 6.05. The van der Waals surface area contributed by atoms with E-state index in [0.717, 1.165) is 35.3 Å². The number of carbonyl (C=O) groups excluding carboxylic acids is 1. The van der Waals surface area contributed by atoms with E-state index < -0.39 is 0 Å². The van der Waals surface area contributed by atoms with Gasteiger partial charge in [0.15, 0.2) is 5.65 Å². The number of piperidine rings is 1. The zero-order chi connectivity index (χ0) is 18.5. The van der Waals surface area contributed by atoms with Gasteiger partial charge in [-0.1, -0.05) is 12.8 Å². The van der Waals surface area contributed by atoms with Gasteiger partial charge in [0.05, 0.1) is 17.1 Å². The van der Waals surface area contributed by atoms with E-state index in [1.54, 1.807) is 0 Å². The first-order chi connectivity index (χ1) is 13.1. The summed E-state index contributed by atoms with van der Waals surface area (Å²) in [5, 5.41) is 5.50. The zero-order valence-electron chi connectivity index (χ0n) is 16.5. The second-order valence-corrected chi connectivity index (χ2v) is 9.04. The lowest BCUT2D eigenvalue weighted by molar-refractivity contribution is 0.0392. The average molecular weight is 367 g/mol. The second kappa shape index (κ2) is 6.61. The first kappa shape index (κ1) is 17.2. The molecule has 0 aromatic carbocycles. The summed E-state index contributed by atoms with van der Waals surface area (Å²) in [5.41, 5.74) is 2.81. The maximum Gasteiger partial charge on any atom is 0.254 e. The maximum absolute atomic E-state index is 13.7. The average Bonchev–Trinajstić information content (AvgIpc) is 3.45. The number of hydrogen-bond acceptors (Lipinski definition) is 3. The normalized spacial score (nSPS) is 25.8. The van der Waals surface area contributed by atoms with Gasteiger partial charge in [0.1, 0.15) is 0 Å².